The molecule has 1 N–H and O–H groups in total. The number of Topliss-reactive ketones (excluding diaryl/α,β-unsaturated/α-hetero) is 1. The molecule has 6 nitrogen and oxygen atoms in total. The largest absolute Gasteiger partial charge is 0.507 e. The number of fused-ring (bicyclic) bond motifs is 1. The summed E-state index contributed by atoms with van der Waals surface area (Å²) in [7, 11) is 0. The van der Waals surface area contributed by atoms with Gasteiger partial charge in [0.1, 0.15) is 18.1 Å². The SMILES string of the molecule is C=CCOc1ccc(C2/C(=C(\O)c3ccc(C)cc3)C(=O)C(=O)N2c2nc3c(C)cc(C)cc3s2)cc1. The Morgan fingerprint density at radius 1 is 1.05 bits per heavy atom. The minimum absolute atomic E-state index is 0.0285. The number of ketones is 1. The molecule has 186 valence electrons. The van der Waals surface area contributed by atoms with Crippen LogP contribution in [-0.2, 0) is 9.59 Å². The van der Waals surface area contributed by atoms with Crippen LogP contribution >= 0.6 is 11.3 Å². The second-order valence-corrected chi connectivity index (χ2v) is 10.1. The van der Waals surface area contributed by atoms with Gasteiger partial charge in [-0.05, 0) is 55.7 Å². The first-order valence-electron chi connectivity index (χ1n) is 11.9. The predicted octanol–water partition coefficient (Wildman–Crippen LogP) is 6.41. The zero-order valence-corrected chi connectivity index (χ0v) is 21.6. The van der Waals surface area contributed by atoms with Crippen LogP contribution in [0.15, 0.2) is 78.9 Å². The van der Waals surface area contributed by atoms with E-state index in [-0.39, 0.29) is 11.3 Å². The molecule has 37 heavy (non-hydrogen) atoms. The summed E-state index contributed by atoms with van der Waals surface area (Å²) in [6, 6.07) is 17.5. The number of carbonyl (C=O) groups excluding carboxylic acids is 2. The van der Waals surface area contributed by atoms with Crippen molar-refractivity contribution in [2.24, 2.45) is 0 Å². The van der Waals surface area contributed by atoms with Crippen molar-refractivity contribution in [3.63, 3.8) is 0 Å². The molecule has 0 spiro atoms. The van der Waals surface area contributed by atoms with Gasteiger partial charge in [0.25, 0.3) is 5.78 Å². The summed E-state index contributed by atoms with van der Waals surface area (Å²) in [5, 5.41) is 11.7. The maximum absolute atomic E-state index is 13.5. The van der Waals surface area contributed by atoms with Gasteiger partial charge in [0.2, 0.25) is 0 Å². The lowest BCUT2D eigenvalue weighted by atomic mass is 9.95. The van der Waals surface area contributed by atoms with Crippen LogP contribution in [0.4, 0.5) is 5.13 Å². The molecular weight excluding hydrogens is 484 g/mol. The summed E-state index contributed by atoms with van der Waals surface area (Å²) in [6.45, 7) is 9.95. The Kier molecular flexibility index (Phi) is 6.39. The van der Waals surface area contributed by atoms with Gasteiger partial charge >= 0.3 is 5.91 Å². The van der Waals surface area contributed by atoms with E-state index in [9.17, 15) is 14.7 Å². The van der Waals surface area contributed by atoms with Crippen LogP contribution in [0.3, 0.4) is 0 Å². The van der Waals surface area contributed by atoms with E-state index in [4.69, 9.17) is 9.72 Å². The molecule has 5 rings (SSSR count). The van der Waals surface area contributed by atoms with Gasteiger partial charge < -0.3 is 9.84 Å². The molecule has 3 aromatic carbocycles. The summed E-state index contributed by atoms with van der Waals surface area (Å²) in [5.74, 6) is -1.06. The van der Waals surface area contributed by atoms with Crippen molar-refractivity contribution in [2.45, 2.75) is 26.8 Å². The number of thiazole rings is 1. The van der Waals surface area contributed by atoms with Crippen LogP contribution in [0.1, 0.15) is 33.9 Å². The smallest absolute Gasteiger partial charge is 0.301 e. The van der Waals surface area contributed by atoms with E-state index < -0.39 is 17.7 Å². The zero-order valence-electron chi connectivity index (χ0n) is 20.8. The number of rotatable bonds is 6. The summed E-state index contributed by atoms with van der Waals surface area (Å²) in [5.41, 5.74) is 5.05. The van der Waals surface area contributed by atoms with Gasteiger partial charge in [-0.3, -0.25) is 14.5 Å². The summed E-state index contributed by atoms with van der Waals surface area (Å²) in [6.07, 6.45) is 1.65. The highest BCUT2D eigenvalue weighted by molar-refractivity contribution is 7.22. The third kappa shape index (κ3) is 4.42. The number of benzene rings is 3. The van der Waals surface area contributed by atoms with E-state index >= 15 is 0 Å². The molecule has 7 heteroatoms. The fraction of sp³-hybridized carbons (Fsp3) is 0.167. The molecule has 0 saturated carbocycles. The minimum atomic E-state index is -0.850. The van der Waals surface area contributed by atoms with Crippen molar-refractivity contribution in [2.75, 3.05) is 11.5 Å². The van der Waals surface area contributed by atoms with Gasteiger partial charge in [-0.25, -0.2) is 4.98 Å². The molecule has 1 aromatic heterocycles. The summed E-state index contributed by atoms with van der Waals surface area (Å²) < 4.78 is 6.54. The Morgan fingerprint density at radius 3 is 2.43 bits per heavy atom. The van der Waals surface area contributed by atoms with Crippen molar-refractivity contribution < 1.29 is 19.4 Å². The van der Waals surface area contributed by atoms with Crippen molar-refractivity contribution in [1.82, 2.24) is 4.98 Å². The fourth-order valence-electron chi connectivity index (χ4n) is 4.58. The predicted molar refractivity (Wildman–Crippen MR) is 147 cm³/mol. The molecule has 4 aromatic rings. The summed E-state index contributed by atoms with van der Waals surface area (Å²) >= 11 is 1.35. The number of carbonyl (C=O) groups is 2. The molecule has 1 amide bonds. The second kappa shape index (κ2) is 9.67. The highest BCUT2D eigenvalue weighted by atomic mass is 32.1. The second-order valence-electron chi connectivity index (χ2n) is 9.13. The van der Waals surface area contributed by atoms with Crippen molar-refractivity contribution in [3.05, 3.63) is 107 Å². The number of aromatic nitrogens is 1. The number of ether oxygens (including phenoxy) is 1. The van der Waals surface area contributed by atoms with Crippen molar-refractivity contribution >= 4 is 44.1 Å². The third-order valence-corrected chi connectivity index (χ3v) is 7.36. The first-order chi connectivity index (χ1) is 17.8. The van der Waals surface area contributed by atoms with E-state index in [1.54, 1.807) is 42.5 Å². The van der Waals surface area contributed by atoms with Crippen LogP contribution in [0.25, 0.3) is 16.0 Å². The standard InChI is InChI=1S/C30H26N2O4S/c1-5-14-36-22-12-10-20(11-13-22)26-24(27(33)21-8-6-17(2)7-9-21)28(34)29(35)32(26)30-31-25-19(4)15-18(3)16-23(25)37-30/h5-13,15-16,26,33H,1,14H2,2-4H3/b27-24+. The maximum Gasteiger partial charge on any atom is 0.301 e. The molecule has 0 aliphatic carbocycles. The molecule has 1 aliphatic heterocycles. The number of aryl methyl sites for hydroxylation is 3. The lowest BCUT2D eigenvalue weighted by Gasteiger charge is -2.23. The van der Waals surface area contributed by atoms with E-state index in [1.165, 1.54) is 16.2 Å². The Hall–Kier alpha value is -4.23. The first kappa shape index (κ1) is 24.5. The van der Waals surface area contributed by atoms with E-state index in [0.29, 0.717) is 28.6 Å². The van der Waals surface area contributed by atoms with Gasteiger partial charge in [0.15, 0.2) is 5.13 Å². The maximum atomic E-state index is 13.5. The molecule has 2 heterocycles. The van der Waals surface area contributed by atoms with Gasteiger partial charge in [-0.2, -0.15) is 0 Å². The van der Waals surface area contributed by atoms with E-state index in [1.807, 2.05) is 45.0 Å². The van der Waals surface area contributed by atoms with Gasteiger partial charge in [0.05, 0.1) is 21.8 Å². The molecule has 0 radical (unpaired) electrons. The number of hydrogen-bond acceptors (Lipinski definition) is 6. The molecule has 1 fully saturated rings. The monoisotopic (exact) mass is 510 g/mol. The number of aliphatic hydroxyl groups excluding tert-OH is 1. The fourth-order valence-corrected chi connectivity index (χ4v) is 5.74. The van der Waals surface area contributed by atoms with Crippen LogP contribution < -0.4 is 9.64 Å². The summed E-state index contributed by atoms with van der Waals surface area (Å²) in [4.78, 5) is 33.1. The average molecular weight is 511 g/mol. The number of aliphatic hydroxyl groups is 1. The average Bonchev–Trinajstić information content (AvgIpc) is 3.41. The number of hydrogen-bond donors (Lipinski definition) is 1. The van der Waals surface area contributed by atoms with E-state index in [0.717, 1.165) is 26.9 Å². The molecule has 1 unspecified atom stereocenters. The normalized spacial score (nSPS) is 16.9. The molecule has 1 aliphatic rings. The van der Waals surface area contributed by atoms with Crippen LogP contribution in [-0.4, -0.2) is 28.4 Å². The van der Waals surface area contributed by atoms with Crippen LogP contribution in [0.2, 0.25) is 0 Å². The van der Waals surface area contributed by atoms with E-state index in [2.05, 4.69) is 6.58 Å². The Morgan fingerprint density at radius 2 is 1.76 bits per heavy atom. The van der Waals surface area contributed by atoms with Gasteiger partial charge in [0, 0.05) is 5.56 Å². The molecule has 1 saturated heterocycles. The van der Waals surface area contributed by atoms with Gasteiger partial charge in [-0.1, -0.05) is 72.0 Å². The Labute approximate surface area is 219 Å². The number of amides is 1. The van der Waals surface area contributed by atoms with Crippen LogP contribution in [0, 0.1) is 20.8 Å². The Bertz CT molecular complexity index is 1570. The highest BCUT2D eigenvalue weighted by Crippen LogP contribution is 2.45. The van der Waals surface area contributed by atoms with Crippen molar-refractivity contribution in [1.29, 1.82) is 0 Å². The van der Waals surface area contributed by atoms with Crippen molar-refractivity contribution in [3.8, 4) is 5.75 Å². The molecule has 1 atom stereocenters. The zero-order chi connectivity index (χ0) is 26.3. The quantitative estimate of drug-likeness (QED) is 0.140. The first-order valence-corrected chi connectivity index (χ1v) is 12.7. The topological polar surface area (TPSA) is 79.7 Å². The third-order valence-electron chi connectivity index (χ3n) is 6.36. The van der Waals surface area contributed by atoms with Gasteiger partial charge in [-0.15, -0.1) is 0 Å². The number of anilines is 1. The minimum Gasteiger partial charge on any atom is -0.507 e. The lowest BCUT2D eigenvalue weighted by molar-refractivity contribution is -0.132. The molecule has 0 bridgehead atoms. The highest BCUT2D eigenvalue weighted by Gasteiger charge is 2.48. The Balaban J connectivity index is 1.69. The lowest BCUT2D eigenvalue weighted by Crippen LogP contribution is -2.29. The molecular formula is C30H26N2O4S. The number of nitrogens with zero attached hydrogens (tertiary/aromatic N) is 2. The van der Waals surface area contributed by atoms with Crippen LogP contribution in [0.5, 0.6) is 5.75 Å².